The molecule has 0 radical (unpaired) electrons. The molecule has 0 aliphatic heterocycles. The van der Waals surface area contributed by atoms with Gasteiger partial charge in [0.1, 0.15) is 16.8 Å². The number of carbonyl (C=O) groups is 1. The standard InChI is InChI=1S/C25H25F2N3O2S/c1-4-11-33(32)30-22-10-9-21(26)23(24(22)27)25(31)20(15-28-3)19-12-18(13-29-14-19)17-7-5-16(2)6-8-17/h5-10,12-15,28,30H,4,11H2,1-3H3/b20-15+. The van der Waals surface area contributed by atoms with E-state index in [0.29, 0.717) is 17.7 Å². The fraction of sp³-hybridized carbons (Fsp3) is 0.200. The van der Waals surface area contributed by atoms with Crippen molar-refractivity contribution in [3.05, 3.63) is 89.4 Å². The molecule has 0 fully saturated rings. The van der Waals surface area contributed by atoms with Crippen LogP contribution in [0.1, 0.15) is 34.8 Å². The molecule has 0 spiro atoms. The number of aryl methyl sites for hydroxylation is 1. The second-order valence-corrected chi connectivity index (χ2v) is 8.74. The maximum absolute atomic E-state index is 15.2. The highest BCUT2D eigenvalue weighted by molar-refractivity contribution is 7.86. The Morgan fingerprint density at radius 1 is 1.09 bits per heavy atom. The third-order valence-corrected chi connectivity index (χ3v) is 6.13. The number of benzene rings is 2. The smallest absolute Gasteiger partial charge is 0.201 e. The van der Waals surface area contributed by atoms with E-state index in [1.165, 1.54) is 12.4 Å². The first-order valence-corrected chi connectivity index (χ1v) is 11.7. The van der Waals surface area contributed by atoms with E-state index < -0.39 is 34.0 Å². The van der Waals surface area contributed by atoms with Gasteiger partial charge in [0.2, 0.25) is 5.78 Å². The molecular formula is C25H25F2N3O2S. The third kappa shape index (κ3) is 5.70. The number of pyridine rings is 1. The van der Waals surface area contributed by atoms with Crippen LogP contribution in [0.15, 0.2) is 61.1 Å². The Kier molecular flexibility index (Phi) is 8.06. The van der Waals surface area contributed by atoms with Crippen LogP contribution < -0.4 is 10.0 Å². The zero-order valence-corrected chi connectivity index (χ0v) is 19.4. The maximum atomic E-state index is 15.2. The molecule has 33 heavy (non-hydrogen) atoms. The molecule has 0 aliphatic carbocycles. The number of hydrogen-bond acceptors (Lipinski definition) is 4. The average molecular weight is 470 g/mol. The van der Waals surface area contributed by atoms with E-state index in [-0.39, 0.29) is 11.3 Å². The molecule has 172 valence electrons. The van der Waals surface area contributed by atoms with Crippen molar-refractivity contribution in [2.45, 2.75) is 20.3 Å². The summed E-state index contributed by atoms with van der Waals surface area (Å²) in [7, 11) is 0.0402. The minimum absolute atomic E-state index is 0.0450. The summed E-state index contributed by atoms with van der Waals surface area (Å²) in [5, 5.41) is 2.77. The highest BCUT2D eigenvalue weighted by atomic mass is 32.2. The number of ketones is 1. The Morgan fingerprint density at radius 3 is 2.48 bits per heavy atom. The second kappa shape index (κ2) is 11.0. The van der Waals surface area contributed by atoms with Crippen LogP contribution in [0.25, 0.3) is 16.7 Å². The summed E-state index contributed by atoms with van der Waals surface area (Å²) in [4.78, 5) is 17.5. The molecule has 2 aromatic carbocycles. The highest BCUT2D eigenvalue weighted by Crippen LogP contribution is 2.29. The van der Waals surface area contributed by atoms with Gasteiger partial charge in [-0.1, -0.05) is 36.8 Å². The topological polar surface area (TPSA) is 71.1 Å². The van der Waals surface area contributed by atoms with Crippen LogP contribution in [-0.2, 0) is 11.0 Å². The SMILES string of the molecule is CCCS(=O)Nc1ccc(F)c(C(=O)/C(=C/NC)c2cncc(-c3ccc(C)cc3)c2)c1F. The van der Waals surface area contributed by atoms with Gasteiger partial charge in [-0.2, -0.15) is 0 Å². The van der Waals surface area contributed by atoms with Gasteiger partial charge in [-0.05, 0) is 37.1 Å². The van der Waals surface area contributed by atoms with E-state index >= 15 is 4.39 Å². The molecule has 0 bridgehead atoms. The van der Waals surface area contributed by atoms with Gasteiger partial charge in [-0.3, -0.25) is 9.78 Å². The minimum Gasteiger partial charge on any atom is -0.393 e. The lowest BCUT2D eigenvalue weighted by molar-refractivity contribution is 0.104. The Morgan fingerprint density at radius 2 is 1.82 bits per heavy atom. The zero-order valence-electron chi connectivity index (χ0n) is 18.6. The predicted octanol–water partition coefficient (Wildman–Crippen LogP) is 5.26. The van der Waals surface area contributed by atoms with Gasteiger partial charge < -0.3 is 10.0 Å². The second-order valence-electron chi connectivity index (χ2n) is 7.44. The van der Waals surface area contributed by atoms with Crippen LogP contribution in [-0.4, -0.2) is 27.8 Å². The molecule has 1 atom stereocenters. The van der Waals surface area contributed by atoms with Crippen molar-refractivity contribution in [1.29, 1.82) is 0 Å². The van der Waals surface area contributed by atoms with Crippen LogP contribution in [0.4, 0.5) is 14.5 Å². The van der Waals surface area contributed by atoms with E-state index in [9.17, 15) is 13.4 Å². The molecule has 2 N–H and O–H groups in total. The van der Waals surface area contributed by atoms with Crippen LogP contribution in [0.5, 0.6) is 0 Å². The molecule has 0 amide bonds. The Bertz CT molecular complexity index is 1210. The summed E-state index contributed by atoms with van der Waals surface area (Å²) in [5.41, 5.74) is 2.29. The quantitative estimate of drug-likeness (QED) is 0.331. The molecule has 0 saturated carbocycles. The zero-order chi connectivity index (χ0) is 24.0. The van der Waals surface area contributed by atoms with E-state index in [0.717, 1.165) is 28.8 Å². The van der Waals surface area contributed by atoms with Crippen LogP contribution >= 0.6 is 0 Å². The number of nitrogens with one attached hydrogen (secondary N) is 2. The predicted molar refractivity (Wildman–Crippen MR) is 129 cm³/mol. The maximum Gasteiger partial charge on any atom is 0.201 e. The minimum atomic E-state index is -1.55. The normalized spacial score (nSPS) is 12.3. The van der Waals surface area contributed by atoms with E-state index in [1.807, 2.05) is 38.1 Å². The first kappa shape index (κ1) is 24.3. The largest absolute Gasteiger partial charge is 0.393 e. The number of rotatable bonds is 9. The number of halogens is 2. The first-order valence-electron chi connectivity index (χ1n) is 10.4. The van der Waals surface area contributed by atoms with Gasteiger partial charge in [-0.25, -0.2) is 13.0 Å². The number of carbonyl (C=O) groups excluding carboxylic acids is 1. The van der Waals surface area contributed by atoms with E-state index in [1.54, 1.807) is 19.3 Å². The summed E-state index contributed by atoms with van der Waals surface area (Å²) in [6, 6.07) is 11.7. The van der Waals surface area contributed by atoms with Gasteiger partial charge in [0.15, 0.2) is 5.82 Å². The van der Waals surface area contributed by atoms with Crippen molar-refractivity contribution in [1.82, 2.24) is 10.3 Å². The summed E-state index contributed by atoms with van der Waals surface area (Å²) in [6.45, 7) is 3.82. The van der Waals surface area contributed by atoms with Crippen molar-refractivity contribution >= 4 is 28.0 Å². The highest BCUT2D eigenvalue weighted by Gasteiger charge is 2.25. The average Bonchev–Trinajstić information content (AvgIpc) is 2.80. The van der Waals surface area contributed by atoms with Gasteiger partial charge in [0.25, 0.3) is 0 Å². The Hall–Kier alpha value is -3.39. The van der Waals surface area contributed by atoms with Crippen LogP contribution in [0.3, 0.4) is 0 Å². The summed E-state index contributed by atoms with van der Waals surface area (Å²) < 4.78 is 44.3. The number of Topliss-reactive ketones (excluding diaryl/α,β-unsaturated/α-hetero) is 1. The number of allylic oxidation sites excluding steroid dienone is 1. The molecule has 0 aliphatic rings. The van der Waals surface area contributed by atoms with Crippen LogP contribution in [0, 0.1) is 18.6 Å². The Balaban J connectivity index is 2.03. The molecule has 1 aromatic heterocycles. The van der Waals surface area contributed by atoms with Crippen molar-refractivity contribution < 1.29 is 17.8 Å². The van der Waals surface area contributed by atoms with Gasteiger partial charge in [0.05, 0.1) is 11.3 Å². The summed E-state index contributed by atoms with van der Waals surface area (Å²) >= 11 is 0. The van der Waals surface area contributed by atoms with Crippen molar-refractivity contribution in [3.8, 4) is 11.1 Å². The van der Waals surface area contributed by atoms with Gasteiger partial charge >= 0.3 is 0 Å². The summed E-state index contributed by atoms with van der Waals surface area (Å²) in [5.74, 6) is -2.65. The van der Waals surface area contributed by atoms with E-state index in [4.69, 9.17) is 0 Å². The number of anilines is 1. The molecule has 1 heterocycles. The number of nitrogens with zero attached hydrogens (tertiary/aromatic N) is 1. The summed E-state index contributed by atoms with van der Waals surface area (Å²) in [6.07, 6.45) is 5.12. The lowest BCUT2D eigenvalue weighted by Crippen LogP contribution is -2.15. The lowest BCUT2D eigenvalue weighted by Gasteiger charge is -2.13. The number of hydrogen-bond donors (Lipinski definition) is 2. The van der Waals surface area contributed by atoms with Gasteiger partial charge in [-0.15, -0.1) is 0 Å². The lowest BCUT2D eigenvalue weighted by atomic mass is 9.95. The molecule has 8 heteroatoms. The van der Waals surface area contributed by atoms with Crippen molar-refractivity contribution in [3.63, 3.8) is 0 Å². The number of aromatic nitrogens is 1. The molecule has 0 saturated heterocycles. The molecule has 3 aromatic rings. The molecule has 3 rings (SSSR count). The third-order valence-electron chi connectivity index (χ3n) is 4.90. The molecule has 5 nitrogen and oxygen atoms in total. The monoisotopic (exact) mass is 469 g/mol. The fourth-order valence-electron chi connectivity index (χ4n) is 3.25. The van der Waals surface area contributed by atoms with Crippen LogP contribution in [0.2, 0.25) is 0 Å². The molecule has 1 unspecified atom stereocenters. The van der Waals surface area contributed by atoms with Crippen molar-refractivity contribution in [2.75, 3.05) is 17.5 Å². The van der Waals surface area contributed by atoms with Crippen molar-refractivity contribution in [2.24, 2.45) is 0 Å². The fourth-order valence-corrected chi connectivity index (χ4v) is 4.12. The Labute approximate surface area is 194 Å². The van der Waals surface area contributed by atoms with Gasteiger partial charge in [0, 0.05) is 48.1 Å². The first-order chi connectivity index (χ1) is 15.8. The molecular weight excluding hydrogens is 444 g/mol. The van der Waals surface area contributed by atoms with E-state index in [2.05, 4.69) is 15.0 Å².